The van der Waals surface area contributed by atoms with Crippen LogP contribution in [0.4, 0.5) is 5.69 Å². The molecule has 0 bridgehead atoms. The van der Waals surface area contributed by atoms with Crippen LogP contribution in [0.15, 0.2) is 18.2 Å². The topological polar surface area (TPSA) is 52.4 Å². The predicted molar refractivity (Wildman–Crippen MR) is 52.2 cm³/mol. The first kappa shape index (κ1) is 10.1. The molecular formula is C10H9NO3. The molecule has 0 heterocycles. The van der Waals surface area contributed by atoms with Crippen LogP contribution in [0.25, 0.3) is 0 Å². The molecule has 14 heavy (non-hydrogen) atoms. The summed E-state index contributed by atoms with van der Waals surface area (Å²) in [5.41, 5.74) is 0.528. The van der Waals surface area contributed by atoms with Crippen LogP contribution in [0.3, 0.4) is 0 Å². The molecule has 0 saturated heterocycles. The molecule has 4 heteroatoms. The third-order valence-corrected chi connectivity index (χ3v) is 1.78. The van der Waals surface area contributed by atoms with Crippen molar-refractivity contribution < 1.29 is 9.66 Å². The number of hydrogen-bond donors (Lipinski definition) is 0. The molecule has 0 N–H and O–H groups in total. The minimum absolute atomic E-state index is 0.0313. The maximum Gasteiger partial charge on any atom is 0.273 e. The van der Waals surface area contributed by atoms with E-state index in [2.05, 4.69) is 5.92 Å². The first-order valence-electron chi connectivity index (χ1n) is 3.93. The molecule has 0 spiro atoms. The minimum Gasteiger partial charge on any atom is -0.497 e. The van der Waals surface area contributed by atoms with E-state index in [1.54, 1.807) is 6.07 Å². The van der Waals surface area contributed by atoms with Crippen LogP contribution in [0.5, 0.6) is 5.75 Å². The van der Waals surface area contributed by atoms with Crippen LogP contribution in [0.1, 0.15) is 5.56 Å². The normalized spacial score (nSPS) is 9.14. The third kappa shape index (κ3) is 2.02. The Labute approximate surface area is 81.7 Å². The highest BCUT2D eigenvalue weighted by Gasteiger charge is 2.12. The van der Waals surface area contributed by atoms with Crippen LogP contribution in [0, 0.1) is 22.5 Å². The van der Waals surface area contributed by atoms with Crippen molar-refractivity contribution in [1.29, 1.82) is 0 Å². The summed E-state index contributed by atoms with van der Waals surface area (Å²) < 4.78 is 4.94. The molecule has 4 nitrogen and oxygen atoms in total. The van der Waals surface area contributed by atoms with E-state index >= 15 is 0 Å². The molecule has 0 aliphatic rings. The lowest BCUT2D eigenvalue weighted by molar-refractivity contribution is -0.385. The van der Waals surface area contributed by atoms with Crippen molar-refractivity contribution in [3.8, 4) is 18.1 Å². The Morgan fingerprint density at radius 2 is 2.36 bits per heavy atom. The second-order valence-electron chi connectivity index (χ2n) is 2.63. The minimum atomic E-state index is -0.452. The lowest BCUT2D eigenvalue weighted by Crippen LogP contribution is -1.95. The van der Waals surface area contributed by atoms with Gasteiger partial charge in [-0.1, -0.05) is 0 Å². The highest BCUT2D eigenvalue weighted by Crippen LogP contribution is 2.23. The number of ether oxygens (including phenoxy) is 1. The van der Waals surface area contributed by atoms with Gasteiger partial charge in [-0.3, -0.25) is 10.1 Å². The summed E-state index contributed by atoms with van der Waals surface area (Å²) in [6.45, 7) is 0. The standard InChI is InChI=1S/C10H9NO3/c1-3-4-8-7-9(14-2)5-6-10(8)11(12)13/h1,5-7H,4H2,2H3. The number of terminal acetylenes is 1. The summed E-state index contributed by atoms with van der Waals surface area (Å²) in [6.07, 6.45) is 5.34. The molecular weight excluding hydrogens is 182 g/mol. The fourth-order valence-corrected chi connectivity index (χ4v) is 1.12. The van der Waals surface area contributed by atoms with Crippen molar-refractivity contribution in [3.05, 3.63) is 33.9 Å². The van der Waals surface area contributed by atoms with E-state index in [9.17, 15) is 10.1 Å². The molecule has 0 saturated carbocycles. The Bertz CT molecular complexity index is 393. The number of benzene rings is 1. The molecule has 72 valence electrons. The fourth-order valence-electron chi connectivity index (χ4n) is 1.12. The maximum atomic E-state index is 10.6. The van der Waals surface area contributed by atoms with Gasteiger partial charge in [0.2, 0.25) is 0 Å². The van der Waals surface area contributed by atoms with E-state index in [4.69, 9.17) is 11.2 Å². The molecule has 0 aliphatic heterocycles. The lowest BCUT2D eigenvalue weighted by Gasteiger charge is -2.02. The van der Waals surface area contributed by atoms with Gasteiger partial charge in [-0.05, 0) is 12.1 Å². The molecule has 0 amide bonds. The summed E-state index contributed by atoms with van der Waals surface area (Å²) >= 11 is 0. The molecule has 0 atom stereocenters. The van der Waals surface area contributed by atoms with Crippen molar-refractivity contribution in [2.45, 2.75) is 6.42 Å². The summed E-state index contributed by atoms with van der Waals surface area (Å²) in [5.74, 6) is 2.94. The molecule has 0 fully saturated rings. The Kier molecular flexibility index (Phi) is 3.08. The number of nitro benzene ring substituents is 1. The van der Waals surface area contributed by atoms with E-state index < -0.39 is 4.92 Å². The van der Waals surface area contributed by atoms with Crippen molar-refractivity contribution in [1.82, 2.24) is 0 Å². The second-order valence-corrected chi connectivity index (χ2v) is 2.63. The molecule has 0 aliphatic carbocycles. The van der Waals surface area contributed by atoms with Gasteiger partial charge in [-0.2, -0.15) is 0 Å². The van der Waals surface area contributed by atoms with E-state index in [1.165, 1.54) is 19.2 Å². The highest BCUT2D eigenvalue weighted by molar-refractivity contribution is 5.46. The van der Waals surface area contributed by atoms with E-state index in [0.717, 1.165) is 0 Å². The zero-order valence-corrected chi connectivity index (χ0v) is 7.69. The number of hydrogen-bond acceptors (Lipinski definition) is 3. The van der Waals surface area contributed by atoms with E-state index in [1.807, 2.05) is 0 Å². The quantitative estimate of drug-likeness (QED) is 0.415. The van der Waals surface area contributed by atoms with E-state index in [-0.39, 0.29) is 12.1 Å². The molecule has 0 radical (unpaired) electrons. The van der Waals surface area contributed by atoms with Crippen LogP contribution >= 0.6 is 0 Å². The molecule has 1 rings (SSSR count). The second kappa shape index (κ2) is 4.28. The SMILES string of the molecule is C#CCc1cc(OC)ccc1[N+](=O)[O-]. The predicted octanol–water partition coefficient (Wildman–Crippen LogP) is 1.78. The highest BCUT2D eigenvalue weighted by atomic mass is 16.6. The Morgan fingerprint density at radius 3 is 2.86 bits per heavy atom. The van der Waals surface area contributed by atoms with Gasteiger partial charge in [0.25, 0.3) is 5.69 Å². The summed E-state index contributed by atoms with van der Waals surface area (Å²) in [5, 5.41) is 10.6. The summed E-state index contributed by atoms with van der Waals surface area (Å²) in [6, 6.07) is 4.52. The van der Waals surface area contributed by atoms with Crippen molar-refractivity contribution >= 4 is 5.69 Å². The Balaban J connectivity index is 3.18. The number of nitro groups is 1. The summed E-state index contributed by atoms with van der Waals surface area (Å²) in [7, 11) is 1.50. The van der Waals surface area contributed by atoms with Crippen molar-refractivity contribution in [3.63, 3.8) is 0 Å². The summed E-state index contributed by atoms with van der Waals surface area (Å²) in [4.78, 5) is 10.1. The van der Waals surface area contributed by atoms with Gasteiger partial charge in [0.15, 0.2) is 0 Å². The zero-order chi connectivity index (χ0) is 10.6. The molecule has 0 unspecified atom stereocenters. The fraction of sp³-hybridized carbons (Fsp3) is 0.200. The van der Waals surface area contributed by atoms with Gasteiger partial charge in [-0.15, -0.1) is 12.3 Å². The Hall–Kier alpha value is -2.02. The monoisotopic (exact) mass is 191 g/mol. The van der Waals surface area contributed by atoms with Gasteiger partial charge < -0.3 is 4.74 Å². The van der Waals surface area contributed by atoms with Crippen LogP contribution < -0.4 is 4.74 Å². The van der Waals surface area contributed by atoms with Crippen molar-refractivity contribution in [2.75, 3.05) is 7.11 Å². The maximum absolute atomic E-state index is 10.6. The van der Waals surface area contributed by atoms with Crippen LogP contribution in [0.2, 0.25) is 0 Å². The smallest absolute Gasteiger partial charge is 0.273 e. The van der Waals surface area contributed by atoms with Gasteiger partial charge in [0, 0.05) is 18.1 Å². The third-order valence-electron chi connectivity index (χ3n) is 1.78. The van der Waals surface area contributed by atoms with Gasteiger partial charge >= 0.3 is 0 Å². The first-order valence-corrected chi connectivity index (χ1v) is 3.93. The molecule has 1 aromatic rings. The lowest BCUT2D eigenvalue weighted by atomic mass is 10.1. The first-order chi connectivity index (χ1) is 6.69. The molecule has 0 aromatic heterocycles. The van der Waals surface area contributed by atoms with Crippen molar-refractivity contribution in [2.24, 2.45) is 0 Å². The van der Waals surface area contributed by atoms with E-state index in [0.29, 0.717) is 11.3 Å². The number of nitrogens with zero attached hydrogens (tertiary/aromatic N) is 1. The average Bonchev–Trinajstić information content (AvgIpc) is 2.17. The van der Waals surface area contributed by atoms with Crippen LogP contribution in [-0.2, 0) is 6.42 Å². The van der Waals surface area contributed by atoms with Crippen LogP contribution in [-0.4, -0.2) is 12.0 Å². The number of rotatable bonds is 3. The van der Waals surface area contributed by atoms with Gasteiger partial charge in [0.05, 0.1) is 12.0 Å². The largest absolute Gasteiger partial charge is 0.497 e. The van der Waals surface area contributed by atoms with Gasteiger partial charge in [0.1, 0.15) is 5.75 Å². The zero-order valence-electron chi connectivity index (χ0n) is 7.69. The Morgan fingerprint density at radius 1 is 1.64 bits per heavy atom. The molecule has 1 aromatic carbocycles. The average molecular weight is 191 g/mol. The number of methoxy groups -OCH3 is 1. The van der Waals surface area contributed by atoms with Gasteiger partial charge in [-0.25, -0.2) is 0 Å².